The number of nitrogens with one attached hydrogen (secondary N) is 1. The molecule has 1 aliphatic heterocycles. The number of nitrogens with zero attached hydrogens (tertiary/aromatic N) is 2. The van der Waals surface area contributed by atoms with Crippen LogP contribution in [0.2, 0.25) is 0 Å². The summed E-state index contributed by atoms with van der Waals surface area (Å²) in [5, 5.41) is 2.58. The Morgan fingerprint density at radius 3 is 2.13 bits per heavy atom. The van der Waals surface area contributed by atoms with Crippen molar-refractivity contribution in [1.29, 1.82) is 0 Å². The number of carbonyl (C=O) groups excluding carboxylic acids is 3. The van der Waals surface area contributed by atoms with E-state index in [0.29, 0.717) is 43.6 Å². The first-order chi connectivity index (χ1) is 14.4. The number of benzene rings is 2. The summed E-state index contributed by atoms with van der Waals surface area (Å²) in [5.74, 6) is -0.725. The summed E-state index contributed by atoms with van der Waals surface area (Å²) in [6.45, 7) is 1.46. The van der Waals surface area contributed by atoms with Crippen LogP contribution >= 0.6 is 0 Å². The van der Waals surface area contributed by atoms with E-state index in [1.807, 2.05) is 12.1 Å². The second-order valence-electron chi connectivity index (χ2n) is 7.54. The maximum atomic E-state index is 13.1. The van der Waals surface area contributed by atoms with Crippen LogP contribution < -0.4 is 5.32 Å². The lowest BCUT2D eigenvalue weighted by molar-refractivity contribution is -0.136. The summed E-state index contributed by atoms with van der Waals surface area (Å²) in [5.41, 5.74) is 1.98. The number of likely N-dealkylation sites (tertiary alicyclic amines) is 1. The Labute approximate surface area is 175 Å². The molecule has 1 aliphatic rings. The molecule has 3 rings (SSSR count). The third-order valence-corrected chi connectivity index (χ3v) is 5.46. The molecule has 0 aromatic heterocycles. The van der Waals surface area contributed by atoms with Crippen LogP contribution in [-0.2, 0) is 11.3 Å². The van der Waals surface area contributed by atoms with Gasteiger partial charge >= 0.3 is 0 Å². The van der Waals surface area contributed by atoms with Crippen LogP contribution in [0.15, 0.2) is 48.5 Å². The summed E-state index contributed by atoms with van der Waals surface area (Å²) >= 11 is 0. The Morgan fingerprint density at radius 2 is 1.57 bits per heavy atom. The van der Waals surface area contributed by atoms with Crippen LogP contribution in [0.3, 0.4) is 0 Å². The molecule has 6 nitrogen and oxygen atoms in total. The third-order valence-electron chi connectivity index (χ3n) is 5.46. The Kier molecular flexibility index (Phi) is 6.82. The molecule has 0 aliphatic carbocycles. The first-order valence-corrected chi connectivity index (χ1v) is 10.00. The molecule has 2 aromatic rings. The maximum Gasteiger partial charge on any atom is 0.253 e. The van der Waals surface area contributed by atoms with Crippen molar-refractivity contribution in [2.24, 2.45) is 5.92 Å². The normalized spacial score (nSPS) is 14.3. The van der Waals surface area contributed by atoms with Crippen molar-refractivity contribution >= 4 is 17.7 Å². The fraction of sp³-hybridized carbons (Fsp3) is 0.348. The van der Waals surface area contributed by atoms with E-state index >= 15 is 0 Å². The topological polar surface area (TPSA) is 69.7 Å². The van der Waals surface area contributed by atoms with Crippen molar-refractivity contribution in [2.75, 3.05) is 27.2 Å². The summed E-state index contributed by atoms with van der Waals surface area (Å²) in [7, 11) is 3.35. The zero-order valence-electron chi connectivity index (χ0n) is 17.2. The Hall–Kier alpha value is -3.22. The van der Waals surface area contributed by atoms with Gasteiger partial charge in [-0.3, -0.25) is 14.4 Å². The highest BCUT2D eigenvalue weighted by Gasteiger charge is 2.29. The van der Waals surface area contributed by atoms with Crippen molar-refractivity contribution in [3.8, 4) is 0 Å². The summed E-state index contributed by atoms with van der Waals surface area (Å²) < 4.78 is 13.1. The highest BCUT2D eigenvalue weighted by atomic mass is 19.1. The lowest BCUT2D eigenvalue weighted by Gasteiger charge is -2.33. The maximum absolute atomic E-state index is 13.1. The first-order valence-electron chi connectivity index (χ1n) is 10.00. The molecule has 2 aromatic carbocycles. The Morgan fingerprint density at radius 1 is 1.00 bits per heavy atom. The van der Waals surface area contributed by atoms with Gasteiger partial charge in [0.05, 0.1) is 0 Å². The molecule has 30 heavy (non-hydrogen) atoms. The molecule has 0 radical (unpaired) electrons. The van der Waals surface area contributed by atoms with E-state index in [9.17, 15) is 18.8 Å². The molecule has 0 bridgehead atoms. The molecule has 1 N–H and O–H groups in total. The fourth-order valence-corrected chi connectivity index (χ4v) is 3.67. The molecule has 0 spiro atoms. The summed E-state index contributed by atoms with van der Waals surface area (Å²) in [4.78, 5) is 40.4. The smallest absolute Gasteiger partial charge is 0.253 e. The van der Waals surface area contributed by atoms with E-state index in [-0.39, 0.29) is 29.5 Å². The number of hydrogen-bond donors (Lipinski definition) is 1. The molecule has 0 saturated carbocycles. The minimum absolute atomic E-state index is 0.0549. The van der Waals surface area contributed by atoms with Crippen LogP contribution in [0.4, 0.5) is 4.39 Å². The van der Waals surface area contributed by atoms with Gasteiger partial charge in [-0.25, -0.2) is 4.39 Å². The molecule has 0 unspecified atom stereocenters. The van der Waals surface area contributed by atoms with Crippen LogP contribution in [0, 0.1) is 11.7 Å². The van der Waals surface area contributed by atoms with Gasteiger partial charge in [0.25, 0.3) is 11.8 Å². The number of carbonyl (C=O) groups is 3. The largest absolute Gasteiger partial charge is 0.355 e. The molecule has 7 heteroatoms. The van der Waals surface area contributed by atoms with Gasteiger partial charge in [0.15, 0.2) is 0 Å². The van der Waals surface area contributed by atoms with E-state index in [1.165, 1.54) is 24.3 Å². The minimum atomic E-state index is -0.373. The van der Waals surface area contributed by atoms with Gasteiger partial charge in [-0.15, -0.1) is 0 Å². The van der Waals surface area contributed by atoms with Gasteiger partial charge in [0.2, 0.25) is 5.91 Å². The molecular weight excluding hydrogens is 385 g/mol. The zero-order chi connectivity index (χ0) is 21.7. The first kappa shape index (κ1) is 21.5. The van der Waals surface area contributed by atoms with E-state index < -0.39 is 0 Å². The van der Waals surface area contributed by atoms with Gasteiger partial charge in [0.1, 0.15) is 5.82 Å². The van der Waals surface area contributed by atoms with Gasteiger partial charge < -0.3 is 15.1 Å². The Bertz CT molecular complexity index is 904. The molecule has 1 heterocycles. The van der Waals surface area contributed by atoms with E-state index in [0.717, 1.165) is 5.56 Å². The number of rotatable bonds is 5. The van der Waals surface area contributed by atoms with Crippen molar-refractivity contribution in [3.05, 3.63) is 71.0 Å². The highest BCUT2D eigenvalue weighted by Crippen LogP contribution is 2.22. The number of amides is 3. The average Bonchev–Trinajstić information content (AvgIpc) is 2.78. The lowest BCUT2D eigenvalue weighted by Crippen LogP contribution is -2.43. The number of halogens is 1. The standard InChI is InChI=1S/C23H26FN3O3/c1-25-21(28)17-5-3-16(4-6-17)15-26(2)22(29)19-11-13-27(14-12-19)23(30)18-7-9-20(24)10-8-18/h3-10,19H,11-15H2,1-2H3,(H,25,28). The quantitative estimate of drug-likeness (QED) is 0.823. The van der Waals surface area contributed by atoms with Crippen LogP contribution in [-0.4, -0.2) is 54.7 Å². The number of piperidine rings is 1. The van der Waals surface area contributed by atoms with Gasteiger partial charge in [0, 0.05) is 50.8 Å². The molecule has 158 valence electrons. The molecule has 1 fully saturated rings. The molecule has 0 atom stereocenters. The molecule has 1 saturated heterocycles. The summed E-state index contributed by atoms with van der Waals surface area (Å²) in [6.07, 6.45) is 1.21. The van der Waals surface area contributed by atoms with Crippen molar-refractivity contribution in [2.45, 2.75) is 19.4 Å². The van der Waals surface area contributed by atoms with Crippen molar-refractivity contribution in [1.82, 2.24) is 15.1 Å². The van der Waals surface area contributed by atoms with Crippen molar-refractivity contribution < 1.29 is 18.8 Å². The van der Waals surface area contributed by atoms with Crippen LogP contribution in [0.1, 0.15) is 39.1 Å². The summed E-state index contributed by atoms with van der Waals surface area (Å²) in [6, 6.07) is 12.7. The second-order valence-corrected chi connectivity index (χ2v) is 7.54. The minimum Gasteiger partial charge on any atom is -0.355 e. The monoisotopic (exact) mass is 411 g/mol. The molecule has 3 amide bonds. The second kappa shape index (κ2) is 9.52. The predicted octanol–water partition coefficient (Wildman–Crippen LogP) is 2.70. The predicted molar refractivity (Wildman–Crippen MR) is 111 cm³/mol. The van der Waals surface area contributed by atoms with Crippen molar-refractivity contribution in [3.63, 3.8) is 0 Å². The van der Waals surface area contributed by atoms with Gasteiger partial charge in [-0.2, -0.15) is 0 Å². The van der Waals surface area contributed by atoms with Crippen LogP contribution in [0.25, 0.3) is 0 Å². The molecular formula is C23H26FN3O3. The Balaban J connectivity index is 1.52. The number of hydrogen-bond acceptors (Lipinski definition) is 3. The van der Waals surface area contributed by atoms with Gasteiger partial charge in [-0.1, -0.05) is 12.1 Å². The average molecular weight is 411 g/mol. The highest BCUT2D eigenvalue weighted by molar-refractivity contribution is 5.94. The SMILES string of the molecule is CNC(=O)c1ccc(CN(C)C(=O)C2CCN(C(=O)c3ccc(F)cc3)CC2)cc1. The lowest BCUT2D eigenvalue weighted by atomic mass is 9.94. The van der Waals surface area contributed by atoms with Crippen LogP contribution in [0.5, 0.6) is 0 Å². The van der Waals surface area contributed by atoms with E-state index in [1.54, 1.807) is 36.0 Å². The zero-order valence-corrected chi connectivity index (χ0v) is 17.2. The fourth-order valence-electron chi connectivity index (χ4n) is 3.67. The third kappa shape index (κ3) is 5.03. The van der Waals surface area contributed by atoms with Gasteiger partial charge in [-0.05, 0) is 54.8 Å². The van der Waals surface area contributed by atoms with E-state index in [4.69, 9.17) is 0 Å². The van der Waals surface area contributed by atoms with E-state index in [2.05, 4.69) is 5.32 Å².